The monoisotopic (exact) mass is 258 g/mol. The summed E-state index contributed by atoms with van der Waals surface area (Å²) in [4.78, 5) is 13.0. The van der Waals surface area contributed by atoms with Crippen LogP contribution in [0.3, 0.4) is 0 Å². The quantitative estimate of drug-likeness (QED) is 0.874. The number of carbonyl (C=O) groups is 1. The summed E-state index contributed by atoms with van der Waals surface area (Å²) in [6.07, 6.45) is 1.08. The molecule has 0 radical (unpaired) electrons. The molecule has 96 valence electrons. The van der Waals surface area contributed by atoms with E-state index in [0.717, 1.165) is 18.8 Å². The van der Waals surface area contributed by atoms with Crippen LogP contribution in [0.5, 0.6) is 0 Å². The summed E-state index contributed by atoms with van der Waals surface area (Å²) >= 11 is 0. The zero-order valence-electron chi connectivity index (χ0n) is 10.2. The van der Waals surface area contributed by atoms with E-state index in [4.69, 9.17) is 5.73 Å². The van der Waals surface area contributed by atoms with Gasteiger partial charge in [0.25, 0.3) is 0 Å². The molecule has 1 aromatic rings. The second-order valence-electron chi connectivity index (χ2n) is 4.37. The molecular weight excluding hydrogens is 240 g/mol. The lowest BCUT2D eigenvalue weighted by Gasteiger charge is -2.37. The Morgan fingerprint density at radius 3 is 2.76 bits per heavy atom. The minimum atomic E-state index is -0.207. The lowest BCUT2D eigenvalue weighted by atomic mass is 10.00. The van der Waals surface area contributed by atoms with Gasteiger partial charge >= 0.3 is 0 Å². The zero-order valence-corrected chi connectivity index (χ0v) is 11.0. The lowest BCUT2D eigenvalue weighted by Crippen LogP contribution is -2.52. The van der Waals surface area contributed by atoms with Gasteiger partial charge < -0.3 is 10.6 Å². The molecule has 0 unspecified atom stereocenters. The molecule has 0 aromatic carbocycles. The van der Waals surface area contributed by atoms with Crippen LogP contribution in [0.4, 0.5) is 5.82 Å². The Bertz CT molecular complexity index is 398. The third-order valence-electron chi connectivity index (χ3n) is 3.01. The predicted octanol–water partition coefficient (Wildman–Crippen LogP) is 0.945. The number of nitrogens with two attached hydrogens (primary N) is 1. The fourth-order valence-electron chi connectivity index (χ4n) is 1.93. The Labute approximate surface area is 107 Å². The van der Waals surface area contributed by atoms with Crippen molar-refractivity contribution in [1.29, 1.82) is 0 Å². The molecule has 2 N–H and O–H groups in total. The zero-order chi connectivity index (χ0) is 11.7. The first-order valence-electron chi connectivity index (χ1n) is 5.70. The summed E-state index contributed by atoms with van der Waals surface area (Å²) in [5.74, 6) is 0.751. The Kier molecular flexibility index (Phi) is 4.40. The van der Waals surface area contributed by atoms with Crippen molar-refractivity contribution < 1.29 is 4.79 Å². The first-order valence-corrected chi connectivity index (χ1v) is 5.70. The van der Waals surface area contributed by atoms with Crippen LogP contribution in [-0.2, 0) is 11.3 Å². The molecule has 0 aliphatic carbocycles. The maximum atomic E-state index is 10.9. The van der Waals surface area contributed by atoms with Crippen molar-refractivity contribution in [3.05, 3.63) is 11.8 Å². The Balaban J connectivity index is 0.00000144. The summed E-state index contributed by atoms with van der Waals surface area (Å²) in [5.41, 5.74) is 6.40. The standard InChI is InChI=1S/C11H18N4O.ClH/c1-3-4-15-8(2)5-10(13-15)14-6-9(7-14)11(12)16;/h5,9H,3-4,6-7H2,1-2H3,(H2,12,16);1H. The fourth-order valence-corrected chi connectivity index (χ4v) is 1.93. The van der Waals surface area contributed by atoms with E-state index < -0.39 is 0 Å². The number of hydrogen-bond acceptors (Lipinski definition) is 3. The molecule has 17 heavy (non-hydrogen) atoms. The second-order valence-corrected chi connectivity index (χ2v) is 4.37. The number of hydrogen-bond donors (Lipinski definition) is 1. The summed E-state index contributed by atoms with van der Waals surface area (Å²) in [7, 11) is 0. The van der Waals surface area contributed by atoms with E-state index in [0.29, 0.717) is 13.1 Å². The van der Waals surface area contributed by atoms with Gasteiger partial charge in [-0.15, -0.1) is 12.4 Å². The van der Waals surface area contributed by atoms with Crippen LogP contribution in [-0.4, -0.2) is 28.8 Å². The highest BCUT2D eigenvalue weighted by Crippen LogP contribution is 2.23. The Morgan fingerprint density at radius 2 is 2.24 bits per heavy atom. The first kappa shape index (κ1) is 13.8. The van der Waals surface area contributed by atoms with E-state index in [1.807, 2.05) is 4.68 Å². The molecule has 0 bridgehead atoms. The molecule has 1 fully saturated rings. The van der Waals surface area contributed by atoms with Crippen LogP contribution in [0.15, 0.2) is 6.07 Å². The number of nitrogens with zero attached hydrogens (tertiary/aromatic N) is 3. The SMILES string of the molecule is CCCn1nc(N2CC(C(N)=O)C2)cc1C.Cl. The number of rotatable bonds is 4. The highest BCUT2D eigenvalue weighted by Gasteiger charge is 2.32. The van der Waals surface area contributed by atoms with Crippen molar-refractivity contribution in [2.75, 3.05) is 18.0 Å². The smallest absolute Gasteiger partial charge is 0.224 e. The summed E-state index contributed by atoms with van der Waals surface area (Å²) < 4.78 is 2.01. The summed E-state index contributed by atoms with van der Waals surface area (Å²) in [6.45, 7) is 6.54. The van der Waals surface area contributed by atoms with Gasteiger partial charge in [0.05, 0.1) is 5.92 Å². The van der Waals surface area contributed by atoms with Gasteiger partial charge in [0.15, 0.2) is 5.82 Å². The van der Waals surface area contributed by atoms with E-state index >= 15 is 0 Å². The van der Waals surface area contributed by atoms with Crippen molar-refractivity contribution in [2.24, 2.45) is 11.7 Å². The van der Waals surface area contributed by atoms with Crippen LogP contribution in [0.2, 0.25) is 0 Å². The van der Waals surface area contributed by atoms with Crippen molar-refractivity contribution in [1.82, 2.24) is 9.78 Å². The van der Waals surface area contributed by atoms with Crippen LogP contribution in [0.25, 0.3) is 0 Å². The maximum absolute atomic E-state index is 10.9. The third-order valence-corrected chi connectivity index (χ3v) is 3.01. The average molecular weight is 259 g/mol. The number of carbonyl (C=O) groups excluding carboxylic acids is 1. The largest absolute Gasteiger partial charge is 0.369 e. The summed E-state index contributed by atoms with van der Waals surface area (Å²) in [5, 5.41) is 4.51. The van der Waals surface area contributed by atoms with Gasteiger partial charge in [0, 0.05) is 31.4 Å². The molecule has 0 atom stereocenters. The van der Waals surface area contributed by atoms with Crippen molar-refractivity contribution in [3.63, 3.8) is 0 Å². The predicted molar refractivity (Wildman–Crippen MR) is 69.4 cm³/mol. The van der Waals surface area contributed by atoms with Gasteiger partial charge in [-0.3, -0.25) is 9.48 Å². The minimum absolute atomic E-state index is 0. The van der Waals surface area contributed by atoms with Crippen molar-refractivity contribution in [3.8, 4) is 0 Å². The van der Waals surface area contributed by atoms with Gasteiger partial charge in [-0.05, 0) is 13.3 Å². The average Bonchev–Trinajstić information content (AvgIpc) is 2.45. The maximum Gasteiger partial charge on any atom is 0.224 e. The Morgan fingerprint density at radius 1 is 1.59 bits per heavy atom. The van der Waals surface area contributed by atoms with Crippen LogP contribution < -0.4 is 10.6 Å². The normalized spacial score (nSPS) is 15.3. The topological polar surface area (TPSA) is 64.2 Å². The molecule has 0 spiro atoms. The van der Waals surface area contributed by atoms with Crippen LogP contribution in [0, 0.1) is 12.8 Å². The molecule has 0 saturated carbocycles. The molecule has 1 aliphatic rings. The van der Waals surface area contributed by atoms with E-state index in [-0.39, 0.29) is 24.2 Å². The van der Waals surface area contributed by atoms with Crippen LogP contribution >= 0.6 is 12.4 Å². The molecule has 6 heteroatoms. The van der Waals surface area contributed by atoms with Crippen molar-refractivity contribution in [2.45, 2.75) is 26.8 Å². The highest BCUT2D eigenvalue weighted by atomic mass is 35.5. The van der Waals surface area contributed by atoms with Gasteiger partial charge in [-0.2, -0.15) is 5.10 Å². The molecule has 5 nitrogen and oxygen atoms in total. The molecule has 1 aromatic heterocycles. The van der Waals surface area contributed by atoms with E-state index in [1.165, 1.54) is 5.69 Å². The van der Waals surface area contributed by atoms with Gasteiger partial charge in [0.2, 0.25) is 5.91 Å². The van der Waals surface area contributed by atoms with E-state index in [1.54, 1.807) is 0 Å². The van der Waals surface area contributed by atoms with Crippen LogP contribution in [0.1, 0.15) is 19.0 Å². The number of amides is 1. The number of aromatic nitrogens is 2. The number of halogens is 1. The number of primary amides is 1. The van der Waals surface area contributed by atoms with Gasteiger partial charge in [-0.25, -0.2) is 0 Å². The van der Waals surface area contributed by atoms with Gasteiger partial charge in [0.1, 0.15) is 0 Å². The van der Waals surface area contributed by atoms with Gasteiger partial charge in [-0.1, -0.05) is 6.92 Å². The molecule has 1 aliphatic heterocycles. The molecule has 1 saturated heterocycles. The third kappa shape index (κ3) is 2.72. The van der Waals surface area contributed by atoms with Crippen molar-refractivity contribution >= 4 is 24.1 Å². The molecule has 2 rings (SSSR count). The minimum Gasteiger partial charge on any atom is -0.369 e. The van der Waals surface area contributed by atoms with E-state index in [2.05, 4.69) is 29.9 Å². The van der Waals surface area contributed by atoms with E-state index in [9.17, 15) is 4.79 Å². The molecular formula is C11H19ClN4O. The number of aryl methyl sites for hydroxylation is 2. The lowest BCUT2D eigenvalue weighted by molar-refractivity contribution is -0.122. The molecule has 2 heterocycles. The Hall–Kier alpha value is -1.23. The highest BCUT2D eigenvalue weighted by molar-refractivity contribution is 5.85. The molecule has 1 amide bonds. The first-order chi connectivity index (χ1) is 7.61. The number of anilines is 1. The summed E-state index contributed by atoms with van der Waals surface area (Å²) in [6, 6.07) is 2.06. The second kappa shape index (κ2) is 5.40. The fraction of sp³-hybridized carbons (Fsp3) is 0.636.